The highest BCUT2D eigenvalue weighted by Crippen LogP contribution is 2.11. The zero-order chi connectivity index (χ0) is 19.8. The van der Waals surface area contributed by atoms with Gasteiger partial charge in [-0.25, -0.2) is 0 Å². The monoisotopic (exact) mass is 412 g/mol. The largest absolute Gasteiger partial charge is 0.354 e. The lowest BCUT2D eigenvalue weighted by molar-refractivity contribution is -0.122. The van der Waals surface area contributed by atoms with Crippen molar-refractivity contribution in [1.29, 1.82) is 0 Å². The molecule has 4 nitrogen and oxygen atoms in total. The number of carbonyl (C=O) groups excluding carboxylic acids is 2. The predicted molar refractivity (Wildman–Crippen MR) is 114 cm³/mol. The molecule has 0 radical (unpaired) electrons. The molecule has 1 atom stereocenters. The average molecular weight is 413 g/mol. The van der Waals surface area contributed by atoms with E-state index in [1.807, 2.05) is 66.0 Å². The molecule has 6 heteroatoms. The number of halogens is 1. The maximum absolute atomic E-state index is 12.8. The summed E-state index contributed by atoms with van der Waals surface area (Å²) in [6.45, 7) is 0.487. The van der Waals surface area contributed by atoms with Crippen LogP contribution in [0.25, 0.3) is 0 Å². The van der Waals surface area contributed by atoms with Gasteiger partial charge in [0.1, 0.15) is 6.04 Å². The summed E-state index contributed by atoms with van der Waals surface area (Å²) in [4.78, 5) is 25.8. The fraction of sp³-hybridized carbons (Fsp3) is 0.182. The number of rotatable bonds is 8. The lowest BCUT2D eigenvalue weighted by Gasteiger charge is -2.18. The van der Waals surface area contributed by atoms with Crippen LogP contribution in [0.2, 0.25) is 5.02 Å². The number of hydrogen-bond acceptors (Lipinski definition) is 3. The van der Waals surface area contributed by atoms with E-state index in [0.29, 0.717) is 29.3 Å². The zero-order valence-electron chi connectivity index (χ0n) is 15.2. The maximum atomic E-state index is 12.8. The molecule has 2 aromatic carbocycles. The van der Waals surface area contributed by atoms with Crippen molar-refractivity contribution in [1.82, 2.24) is 10.6 Å². The highest BCUT2D eigenvalue weighted by atomic mass is 35.5. The van der Waals surface area contributed by atoms with Gasteiger partial charge >= 0.3 is 0 Å². The van der Waals surface area contributed by atoms with Gasteiger partial charge in [-0.05, 0) is 41.1 Å². The third kappa shape index (κ3) is 5.94. The summed E-state index contributed by atoms with van der Waals surface area (Å²) in [6.07, 6.45) is 1.13. The Morgan fingerprint density at radius 2 is 1.68 bits per heavy atom. The van der Waals surface area contributed by atoms with Gasteiger partial charge in [-0.2, -0.15) is 0 Å². The molecule has 0 spiro atoms. The molecule has 144 valence electrons. The molecule has 1 aromatic heterocycles. The van der Waals surface area contributed by atoms with E-state index >= 15 is 0 Å². The van der Waals surface area contributed by atoms with E-state index in [1.54, 1.807) is 6.07 Å². The Kier molecular flexibility index (Phi) is 7.23. The van der Waals surface area contributed by atoms with E-state index in [1.165, 1.54) is 11.3 Å². The number of benzene rings is 2. The van der Waals surface area contributed by atoms with E-state index < -0.39 is 6.04 Å². The van der Waals surface area contributed by atoms with Crippen LogP contribution in [0.15, 0.2) is 72.1 Å². The molecule has 0 aliphatic rings. The van der Waals surface area contributed by atoms with Crippen molar-refractivity contribution in [3.63, 3.8) is 0 Å². The first-order valence-corrected chi connectivity index (χ1v) is 10.3. The second kappa shape index (κ2) is 10.1. The Bertz CT molecular complexity index is 896. The third-order valence-electron chi connectivity index (χ3n) is 4.28. The van der Waals surface area contributed by atoms with E-state index in [4.69, 9.17) is 11.6 Å². The van der Waals surface area contributed by atoms with Crippen LogP contribution in [0.4, 0.5) is 0 Å². The summed E-state index contributed by atoms with van der Waals surface area (Å²) in [6, 6.07) is 20.1. The van der Waals surface area contributed by atoms with Gasteiger partial charge in [-0.3, -0.25) is 9.59 Å². The van der Waals surface area contributed by atoms with Gasteiger partial charge < -0.3 is 10.6 Å². The number of amides is 2. The molecule has 0 aliphatic heterocycles. The van der Waals surface area contributed by atoms with Gasteiger partial charge in [0.2, 0.25) is 5.91 Å². The highest BCUT2D eigenvalue weighted by molar-refractivity contribution is 7.12. The lowest BCUT2D eigenvalue weighted by Crippen LogP contribution is -2.48. The van der Waals surface area contributed by atoms with Gasteiger partial charge in [0.25, 0.3) is 5.91 Å². The molecule has 0 unspecified atom stereocenters. The second-order valence-corrected chi connectivity index (χ2v) is 7.74. The van der Waals surface area contributed by atoms with E-state index in [-0.39, 0.29) is 11.8 Å². The van der Waals surface area contributed by atoms with Gasteiger partial charge in [0, 0.05) is 18.0 Å². The molecule has 0 fully saturated rings. The molecule has 2 N–H and O–H groups in total. The van der Waals surface area contributed by atoms with Crippen molar-refractivity contribution in [2.75, 3.05) is 6.54 Å². The van der Waals surface area contributed by atoms with E-state index in [9.17, 15) is 9.59 Å². The summed E-state index contributed by atoms with van der Waals surface area (Å²) >= 11 is 7.25. The van der Waals surface area contributed by atoms with Gasteiger partial charge in [0.05, 0.1) is 4.88 Å². The number of hydrogen-bond donors (Lipinski definition) is 2. The van der Waals surface area contributed by atoms with Crippen molar-refractivity contribution < 1.29 is 9.59 Å². The normalized spacial score (nSPS) is 11.6. The van der Waals surface area contributed by atoms with Crippen LogP contribution < -0.4 is 10.6 Å². The fourth-order valence-corrected chi connectivity index (χ4v) is 3.55. The summed E-state index contributed by atoms with van der Waals surface area (Å²) in [5, 5.41) is 8.33. The molecule has 1 heterocycles. The van der Waals surface area contributed by atoms with Crippen molar-refractivity contribution in [2.45, 2.75) is 18.9 Å². The van der Waals surface area contributed by atoms with Crippen LogP contribution >= 0.6 is 22.9 Å². The predicted octanol–water partition coefficient (Wildman–Crippen LogP) is 4.10. The topological polar surface area (TPSA) is 58.2 Å². The highest BCUT2D eigenvalue weighted by Gasteiger charge is 2.22. The molecule has 0 saturated carbocycles. The third-order valence-corrected chi connectivity index (χ3v) is 5.40. The minimum absolute atomic E-state index is 0.192. The Morgan fingerprint density at radius 1 is 0.929 bits per heavy atom. The molecule has 0 bridgehead atoms. The molecule has 3 aromatic rings. The first-order chi connectivity index (χ1) is 13.6. The molecular weight excluding hydrogens is 392 g/mol. The molecular formula is C22H21ClN2O2S. The van der Waals surface area contributed by atoms with E-state index in [0.717, 1.165) is 11.1 Å². The smallest absolute Gasteiger partial charge is 0.262 e. The van der Waals surface area contributed by atoms with Crippen LogP contribution in [-0.2, 0) is 17.6 Å². The molecule has 2 amide bonds. The molecule has 3 rings (SSSR count). The quantitative estimate of drug-likeness (QED) is 0.585. The maximum Gasteiger partial charge on any atom is 0.262 e. The number of nitrogens with one attached hydrogen (secondary N) is 2. The van der Waals surface area contributed by atoms with Crippen LogP contribution in [0.1, 0.15) is 20.8 Å². The van der Waals surface area contributed by atoms with E-state index in [2.05, 4.69) is 10.6 Å². The van der Waals surface area contributed by atoms with Gasteiger partial charge in [0.15, 0.2) is 0 Å². The lowest BCUT2D eigenvalue weighted by atomic mass is 10.0. The minimum atomic E-state index is -0.637. The first kappa shape index (κ1) is 20.1. The SMILES string of the molecule is O=C(N[C@@H](Cc1ccccc1)C(=O)NCCc1ccc(Cl)cc1)c1cccs1. The number of thiophene rings is 1. The molecule has 28 heavy (non-hydrogen) atoms. The van der Waals surface area contributed by atoms with Crippen molar-refractivity contribution in [3.8, 4) is 0 Å². The zero-order valence-corrected chi connectivity index (χ0v) is 16.8. The standard InChI is InChI=1S/C22H21ClN2O2S/c23-18-10-8-16(9-11-18)12-13-24-21(26)19(15-17-5-2-1-3-6-17)25-22(27)20-7-4-14-28-20/h1-11,14,19H,12-13,15H2,(H,24,26)(H,25,27)/t19-/m0/s1. The summed E-state index contributed by atoms with van der Waals surface area (Å²) in [5.74, 6) is -0.425. The van der Waals surface area contributed by atoms with Crippen molar-refractivity contribution in [2.24, 2.45) is 0 Å². The minimum Gasteiger partial charge on any atom is -0.354 e. The molecule has 0 aliphatic carbocycles. The van der Waals surface area contributed by atoms with Crippen molar-refractivity contribution >= 4 is 34.8 Å². The average Bonchev–Trinajstić information content (AvgIpc) is 3.25. The Morgan fingerprint density at radius 3 is 2.36 bits per heavy atom. The van der Waals surface area contributed by atoms with Crippen LogP contribution in [-0.4, -0.2) is 24.4 Å². The summed E-state index contributed by atoms with van der Waals surface area (Å²) in [7, 11) is 0. The number of carbonyl (C=O) groups is 2. The summed E-state index contributed by atoms with van der Waals surface area (Å²) < 4.78 is 0. The van der Waals surface area contributed by atoms with Crippen molar-refractivity contribution in [3.05, 3.63) is 93.1 Å². The second-order valence-electron chi connectivity index (χ2n) is 6.36. The summed E-state index contributed by atoms with van der Waals surface area (Å²) in [5.41, 5.74) is 2.08. The fourth-order valence-electron chi connectivity index (χ4n) is 2.80. The molecule has 0 saturated heterocycles. The van der Waals surface area contributed by atoms with Gasteiger partial charge in [-0.1, -0.05) is 60.1 Å². The van der Waals surface area contributed by atoms with Crippen LogP contribution in [0.5, 0.6) is 0 Å². The Hall–Kier alpha value is -2.63. The van der Waals surface area contributed by atoms with Gasteiger partial charge in [-0.15, -0.1) is 11.3 Å². The Balaban J connectivity index is 1.61. The van der Waals surface area contributed by atoms with Crippen LogP contribution in [0.3, 0.4) is 0 Å². The first-order valence-electron chi connectivity index (χ1n) is 9.02. The van der Waals surface area contributed by atoms with Crippen LogP contribution in [0, 0.1) is 0 Å². The Labute approximate surface area is 173 Å².